The molecule has 1 aromatic heterocycles. The normalized spacial score (nSPS) is 13.1. The molecule has 0 unspecified atom stereocenters. The zero-order chi connectivity index (χ0) is 19.5. The molecule has 1 aliphatic rings. The van der Waals surface area contributed by atoms with Crippen molar-refractivity contribution in [2.75, 3.05) is 13.7 Å². The van der Waals surface area contributed by atoms with E-state index in [1.54, 1.807) is 12.0 Å². The molecule has 2 aromatic carbocycles. The van der Waals surface area contributed by atoms with Crippen molar-refractivity contribution >= 4 is 5.91 Å². The maximum Gasteiger partial charge on any atom is 0.254 e. The Bertz CT molecular complexity index is 1060. The molecule has 0 saturated carbocycles. The minimum atomic E-state index is -0.244. The van der Waals surface area contributed by atoms with Gasteiger partial charge in [-0.15, -0.1) is 0 Å². The summed E-state index contributed by atoms with van der Waals surface area (Å²) < 4.78 is 6.50. The number of fused-ring (bicyclic) bond motifs is 1. The monoisotopic (exact) mass is 375 g/mol. The summed E-state index contributed by atoms with van der Waals surface area (Å²) in [5, 5.41) is 0. The third-order valence-corrected chi connectivity index (χ3v) is 5.05. The number of nitrogens with zero attached hydrogens (tertiary/aromatic N) is 3. The van der Waals surface area contributed by atoms with Crippen LogP contribution in [0.15, 0.2) is 65.7 Å². The number of methoxy groups -OCH3 is 1. The van der Waals surface area contributed by atoms with Gasteiger partial charge in [-0.3, -0.25) is 14.2 Å². The van der Waals surface area contributed by atoms with Gasteiger partial charge in [0.2, 0.25) is 5.91 Å². The van der Waals surface area contributed by atoms with Crippen LogP contribution < -0.4 is 10.3 Å². The molecule has 142 valence electrons. The molecule has 0 aliphatic carbocycles. The van der Waals surface area contributed by atoms with Crippen LogP contribution in [0, 0.1) is 0 Å². The molecule has 0 bridgehead atoms. The van der Waals surface area contributed by atoms with Crippen molar-refractivity contribution in [3.05, 3.63) is 82.4 Å². The summed E-state index contributed by atoms with van der Waals surface area (Å²) in [4.78, 5) is 31.3. The van der Waals surface area contributed by atoms with Crippen LogP contribution in [0.4, 0.5) is 0 Å². The van der Waals surface area contributed by atoms with Gasteiger partial charge in [0.05, 0.1) is 19.1 Å². The van der Waals surface area contributed by atoms with Crippen LogP contribution in [0.1, 0.15) is 11.1 Å². The van der Waals surface area contributed by atoms with E-state index in [4.69, 9.17) is 4.74 Å². The number of ether oxygens (including phenoxy) is 1. The van der Waals surface area contributed by atoms with E-state index >= 15 is 0 Å². The van der Waals surface area contributed by atoms with Crippen LogP contribution >= 0.6 is 0 Å². The molecule has 3 aromatic rings. The molecule has 4 rings (SSSR count). The highest BCUT2D eigenvalue weighted by Crippen LogP contribution is 2.20. The van der Waals surface area contributed by atoms with Gasteiger partial charge < -0.3 is 9.64 Å². The van der Waals surface area contributed by atoms with Crippen molar-refractivity contribution in [2.24, 2.45) is 0 Å². The second kappa shape index (κ2) is 7.68. The third kappa shape index (κ3) is 3.67. The lowest BCUT2D eigenvalue weighted by Gasteiger charge is -2.29. The first-order valence-corrected chi connectivity index (χ1v) is 9.19. The Morgan fingerprint density at radius 3 is 2.57 bits per heavy atom. The van der Waals surface area contributed by atoms with Crippen LogP contribution in [-0.4, -0.2) is 34.0 Å². The zero-order valence-corrected chi connectivity index (χ0v) is 15.7. The smallest absolute Gasteiger partial charge is 0.254 e. The van der Waals surface area contributed by atoms with E-state index in [1.807, 2.05) is 42.5 Å². The van der Waals surface area contributed by atoms with Crippen LogP contribution in [0.25, 0.3) is 11.3 Å². The first-order valence-electron chi connectivity index (χ1n) is 9.19. The Balaban J connectivity index is 1.48. The van der Waals surface area contributed by atoms with Gasteiger partial charge in [-0.05, 0) is 41.8 Å². The van der Waals surface area contributed by atoms with E-state index < -0.39 is 0 Å². The summed E-state index contributed by atoms with van der Waals surface area (Å²) in [5.41, 5.74) is 3.61. The fourth-order valence-corrected chi connectivity index (χ4v) is 3.42. The summed E-state index contributed by atoms with van der Waals surface area (Å²) in [5.74, 6) is 0.668. The number of benzene rings is 2. The molecule has 28 heavy (non-hydrogen) atoms. The van der Waals surface area contributed by atoms with Crippen molar-refractivity contribution in [1.82, 2.24) is 14.5 Å². The van der Waals surface area contributed by atoms with Gasteiger partial charge in [-0.2, -0.15) is 0 Å². The van der Waals surface area contributed by atoms with E-state index in [-0.39, 0.29) is 18.0 Å². The molecule has 2 heterocycles. The lowest BCUT2D eigenvalue weighted by Crippen LogP contribution is -2.39. The average Bonchev–Trinajstić information content (AvgIpc) is 2.74. The van der Waals surface area contributed by atoms with E-state index in [1.165, 1.54) is 28.1 Å². The molecule has 6 nitrogen and oxygen atoms in total. The second-order valence-corrected chi connectivity index (χ2v) is 6.80. The average molecular weight is 375 g/mol. The summed E-state index contributed by atoms with van der Waals surface area (Å²) >= 11 is 0. The summed E-state index contributed by atoms with van der Waals surface area (Å²) in [6, 6.07) is 16.9. The molecule has 0 spiro atoms. The van der Waals surface area contributed by atoms with Crippen molar-refractivity contribution in [1.29, 1.82) is 0 Å². The van der Waals surface area contributed by atoms with Gasteiger partial charge in [-0.25, -0.2) is 4.98 Å². The lowest BCUT2D eigenvalue weighted by molar-refractivity contribution is -0.132. The van der Waals surface area contributed by atoms with Crippen LogP contribution in [-0.2, 0) is 24.3 Å². The fourth-order valence-electron chi connectivity index (χ4n) is 3.42. The Morgan fingerprint density at radius 2 is 1.86 bits per heavy atom. The lowest BCUT2D eigenvalue weighted by atomic mass is 10.00. The van der Waals surface area contributed by atoms with Crippen LogP contribution in [0.2, 0.25) is 0 Å². The first-order chi connectivity index (χ1) is 13.6. The summed E-state index contributed by atoms with van der Waals surface area (Å²) in [6.45, 7) is 1.25. The molecule has 0 fully saturated rings. The Hall–Kier alpha value is -3.41. The topological polar surface area (TPSA) is 64.4 Å². The molecule has 6 heteroatoms. The van der Waals surface area contributed by atoms with E-state index in [0.29, 0.717) is 18.8 Å². The zero-order valence-electron chi connectivity index (χ0n) is 15.7. The minimum Gasteiger partial charge on any atom is -0.497 e. The molecule has 0 N–H and O–H groups in total. The van der Waals surface area contributed by atoms with E-state index in [2.05, 4.69) is 11.1 Å². The highest BCUT2D eigenvalue weighted by molar-refractivity contribution is 5.76. The molecular formula is C22H21N3O3. The summed E-state index contributed by atoms with van der Waals surface area (Å²) in [7, 11) is 1.60. The molecular weight excluding hydrogens is 354 g/mol. The van der Waals surface area contributed by atoms with E-state index in [0.717, 1.165) is 17.7 Å². The van der Waals surface area contributed by atoms with Crippen LogP contribution in [0.3, 0.4) is 0 Å². The van der Waals surface area contributed by atoms with Crippen molar-refractivity contribution < 1.29 is 9.53 Å². The number of hydrogen-bond acceptors (Lipinski definition) is 4. The Labute approximate surface area is 163 Å². The number of amides is 1. The number of hydrogen-bond donors (Lipinski definition) is 0. The van der Waals surface area contributed by atoms with E-state index in [9.17, 15) is 9.59 Å². The van der Waals surface area contributed by atoms with Gasteiger partial charge in [0.1, 0.15) is 12.3 Å². The standard InChI is InChI=1S/C22H21N3O3/c1-28-19-8-6-17(7-9-19)20-12-21(26)25(15-23-20)14-22(27)24-11-10-16-4-2-3-5-18(16)13-24/h2-9,12,15H,10-11,13-14H2,1H3. The SMILES string of the molecule is COc1ccc(-c2cc(=O)n(CC(=O)N3CCc4ccccc4C3)cn2)cc1. The fraction of sp³-hybridized carbons (Fsp3) is 0.227. The van der Waals surface area contributed by atoms with Crippen molar-refractivity contribution in [3.8, 4) is 17.0 Å². The highest BCUT2D eigenvalue weighted by atomic mass is 16.5. The molecule has 1 amide bonds. The number of carbonyl (C=O) groups excluding carboxylic acids is 1. The van der Waals surface area contributed by atoms with Gasteiger partial charge in [0.15, 0.2) is 0 Å². The van der Waals surface area contributed by atoms with Gasteiger partial charge in [0, 0.05) is 24.7 Å². The maximum atomic E-state index is 12.7. The van der Waals surface area contributed by atoms with Crippen molar-refractivity contribution in [2.45, 2.75) is 19.5 Å². The van der Waals surface area contributed by atoms with Gasteiger partial charge in [0.25, 0.3) is 5.56 Å². The number of carbonyl (C=O) groups is 1. The molecule has 0 atom stereocenters. The first kappa shape index (κ1) is 18.0. The second-order valence-electron chi connectivity index (χ2n) is 6.80. The predicted molar refractivity (Wildman–Crippen MR) is 106 cm³/mol. The molecule has 0 radical (unpaired) electrons. The Kier molecular flexibility index (Phi) is 4.93. The minimum absolute atomic E-state index is 0.00308. The maximum absolute atomic E-state index is 12.7. The third-order valence-electron chi connectivity index (χ3n) is 5.05. The van der Waals surface area contributed by atoms with Gasteiger partial charge >= 0.3 is 0 Å². The molecule has 0 saturated heterocycles. The largest absolute Gasteiger partial charge is 0.497 e. The van der Waals surface area contributed by atoms with Crippen LogP contribution in [0.5, 0.6) is 5.75 Å². The number of aromatic nitrogens is 2. The highest BCUT2D eigenvalue weighted by Gasteiger charge is 2.20. The summed E-state index contributed by atoms with van der Waals surface area (Å²) in [6.07, 6.45) is 2.28. The molecule has 1 aliphatic heterocycles. The quantitative estimate of drug-likeness (QED) is 0.703. The van der Waals surface area contributed by atoms with Gasteiger partial charge in [-0.1, -0.05) is 24.3 Å². The predicted octanol–water partition coefficient (Wildman–Crippen LogP) is 2.50. The Morgan fingerprint density at radius 1 is 1.11 bits per heavy atom. The van der Waals surface area contributed by atoms with Crippen molar-refractivity contribution in [3.63, 3.8) is 0 Å². The number of rotatable bonds is 4.